The molecule has 2 fully saturated rings. The van der Waals surface area contributed by atoms with Crippen LogP contribution in [0.25, 0.3) is 0 Å². The Labute approximate surface area is 179 Å². The summed E-state index contributed by atoms with van der Waals surface area (Å²) in [6.07, 6.45) is 2.32. The van der Waals surface area contributed by atoms with Crippen molar-refractivity contribution in [2.75, 3.05) is 44.2 Å². The van der Waals surface area contributed by atoms with Gasteiger partial charge in [0.1, 0.15) is 11.6 Å². The second kappa shape index (κ2) is 8.72. The number of hydrogen-bond donors (Lipinski definition) is 1. The summed E-state index contributed by atoms with van der Waals surface area (Å²) < 4.78 is 0. The molecule has 2 heterocycles. The number of rotatable bonds is 7. The fourth-order valence-corrected chi connectivity index (χ4v) is 4.17. The molecule has 0 atom stereocenters. The van der Waals surface area contributed by atoms with Crippen LogP contribution in [0.3, 0.4) is 0 Å². The summed E-state index contributed by atoms with van der Waals surface area (Å²) in [6.45, 7) is 11.0. The molecule has 1 aliphatic heterocycles. The first-order valence-electron chi connectivity index (χ1n) is 11.1. The molecule has 6 nitrogen and oxygen atoms in total. The maximum absolute atomic E-state index is 12.5. The lowest BCUT2D eigenvalue weighted by Crippen LogP contribution is -2.50. The highest BCUT2D eigenvalue weighted by molar-refractivity contribution is 5.78. The average Bonchev–Trinajstić information content (AvgIpc) is 3.54. The number of carbonyl (C=O) groups is 1. The van der Waals surface area contributed by atoms with E-state index in [0.717, 1.165) is 62.9 Å². The number of anilines is 1. The van der Waals surface area contributed by atoms with Crippen LogP contribution in [0.5, 0.6) is 0 Å². The molecule has 1 saturated carbocycles. The van der Waals surface area contributed by atoms with Crippen LogP contribution in [0.4, 0.5) is 5.82 Å². The van der Waals surface area contributed by atoms with E-state index in [1.54, 1.807) is 0 Å². The number of aromatic nitrogens is 2. The third-order valence-electron chi connectivity index (χ3n) is 6.30. The van der Waals surface area contributed by atoms with Gasteiger partial charge in [-0.3, -0.25) is 9.69 Å². The van der Waals surface area contributed by atoms with Gasteiger partial charge in [0.2, 0.25) is 5.91 Å². The SMILES string of the molecule is Cc1cc(N2CCN(CC(=O)NCC3(c4ccccc4)CC3)CC2)nc(C(C)C)n1. The summed E-state index contributed by atoms with van der Waals surface area (Å²) in [5.74, 6) is 2.36. The Morgan fingerprint density at radius 3 is 2.43 bits per heavy atom. The van der Waals surface area contributed by atoms with Crippen molar-refractivity contribution in [1.82, 2.24) is 20.2 Å². The fourth-order valence-electron chi connectivity index (χ4n) is 4.17. The van der Waals surface area contributed by atoms with Gasteiger partial charge in [-0.2, -0.15) is 0 Å². The van der Waals surface area contributed by atoms with Crippen molar-refractivity contribution < 1.29 is 4.79 Å². The second-order valence-corrected chi connectivity index (χ2v) is 9.07. The van der Waals surface area contributed by atoms with Crippen molar-refractivity contribution >= 4 is 11.7 Å². The van der Waals surface area contributed by atoms with Gasteiger partial charge < -0.3 is 10.2 Å². The molecule has 2 aliphatic rings. The molecule has 160 valence electrons. The molecule has 1 aromatic heterocycles. The van der Waals surface area contributed by atoms with Crippen LogP contribution < -0.4 is 10.2 Å². The zero-order chi connectivity index (χ0) is 21.1. The van der Waals surface area contributed by atoms with Gasteiger partial charge >= 0.3 is 0 Å². The van der Waals surface area contributed by atoms with Gasteiger partial charge in [0, 0.05) is 55.8 Å². The lowest BCUT2D eigenvalue weighted by atomic mass is 9.96. The number of nitrogens with zero attached hydrogens (tertiary/aromatic N) is 4. The minimum Gasteiger partial charge on any atom is -0.354 e. The Kier molecular flexibility index (Phi) is 6.04. The highest BCUT2D eigenvalue weighted by Crippen LogP contribution is 2.47. The summed E-state index contributed by atoms with van der Waals surface area (Å²) in [5, 5.41) is 3.19. The zero-order valence-electron chi connectivity index (χ0n) is 18.4. The van der Waals surface area contributed by atoms with Crippen molar-refractivity contribution in [3.8, 4) is 0 Å². The third kappa shape index (κ3) is 4.81. The van der Waals surface area contributed by atoms with E-state index in [2.05, 4.69) is 64.3 Å². The molecule has 0 radical (unpaired) electrons. The van der Waals surface area contributed by atoms with E-state index in [4.69, 9.17) is 4.98 Å². The first-order chi connectivity index (χ1) is 14.4. The van der Waals surface area contributed by atoms with Crippen LogP contribution in [0.2, 0.25) is 0 Å². The number of benzene rings is 1. The topological polar surface area (TPSA) is 61.4 Å². The van der Waals surface area contributed by atoms with E-state index in [9.17, 15) is 4.79 Å². The summed E-state index contributed by atoms with van der Waals surface area (Å²) in [7, 11) is 0. The molecular weight excluding hydrogens is 374 g/mol. The molecule has 1 amide bonds. The standard InChI is InChI=1S/C24H33N5O/c1-18(2)23-26-19(3)15-21(27-23)29-13-11-28(12-14-29)16-22(30)25-17-24(9-10-24)20-7-5-4-6-8-20/h4-8,15,18H,9-14,16-17H2,1-3H3,(H,25,30). The Bertz CT molecular complexity index is 870. The highest BCUT2D eigenvalue weighted by atomic mass is 16.2. The van der Waals surface area contributed by atoms with Gasteiger partial charge in [-0.1, -0.05) is 44.2 Å². The van der Waals surface area contributed by atoms with Crippen LogP contribution in [-0.2, 0) is 10.2 Å². The van der Waals surface area contributed by atoms with Gasteiger partial charge in [-0.05, 0) is 25.3 Å². The number of aryl methyl sites for hydroxylation is 1. The van der Waals surface area contributed by atoms with Crippen molar-refractivity contribution in [1.29, 1.82) is 0 Å². The van der Waals surface area contributed by atoms with Crippen LogP contribution in [0.15, 0.2) is 36.4 Å². The maximum atomic E-state index is 12.5. The van der Waals surface area contributed by atoms with E-state index in [-0.39, 0.29) is 11.3 Å². The number of carbonyl (C=O) groups excluding carboxylic acids is 1. The molecule has 1 aromatic carbocycles. The van der Waals surface area contributed by atoms with Crippen LogP contribution in [0.1, 0.15) is 49.7 Å². The monoisotopic (exact) mass is 407 g/mol. The molecule has 1 aliphatic carbocycles. The Balaban J connectivity index is 1.26. The van der Waals surface area contributed by atoms with Crippen molar-refractivity contribution in [3.05, 3.63) is 53.5 Å². The first-order valence-corrected chi connectivity index (χ1v) is 11.1. The van der Waals surface area contributed by atoms with Gasteiger partial charge in [0.05, 0.1) is 6.54 Å². The molecule has 4 rings (SSSR count). The highest BCUT2D eigenvalue weighted by Gasteiger charge is 2.44. The van der Waals surface area contributed by atoms with Gasteiger partial charge in [0.15, 0.2) is 0 Å². The van der Waals surface area contributed by atoms with Crippen LogP contribution in [0, 0.1) is 6.92 Å². The molecule has 6 heteroatoms. The first kappa shape index (κ1) is 20.8. The largest absolute Gasteiger partial charge is 0.354 e. The predicted octanol–water partition coefficient (Wildman–Crippen LogP) is 2.88. The summed E-state index contributed by atoms with van der Waals surface area (Å²) >= 11 is 0. The maximum Gasteiger partial charge on any atom is 0.234 e. The van der Waals surface area contributed by atoms with E-state index < -0.39 is 0 Å². The number of hydrogen-bond acceptors (Lipinski definition) is 5. The Hall–Kier alpha value is -2.47. The summed E-state index contributed by atoms with van der Waals surface area (Å²) in [5.41, 5.74) is 2.52. The van der Waals surface area contributed by atoms with Crippen molar-refractivity contribution in [2.45, 2.75) is 44.9 Å². The summed E-state index contributed by atoms with van der Waals surface area (Å²) in [4.78, 5) is 26.4. The summed E-state index contributed by atoms with van der Waals surface area (Å²) in [6, 6.07) is 12.6. The normalized spacial score (nSPS) is 18.5. The van der Waals surface area contributed by atoms with Gasteiger partial charge in [-0.25, -0.2) is 9.97 Å². The molecular formula is C24H33N5O. The molecule has 1 N–H and O–H groups in total. The molecule has 2 aromatic rings. The fraction of sp³-hybridized carbons (Fsp3) is 0.542. The molecule has 0 unspecified atom stereocenters. The van der Waals surface area contributed by atoms with E-state index in [0.29, 0.717) is 12.5 Å². The van der Waals surface area contributed by atoms with E-state index >= 15 is 0 Å². The minimum absolute atomic E-state index is 0.130. The quantitative estimate of drug-likeness (QED) is 0.765. The average molecular weight is 408 g/mol. The van der Waals surface area contributed by atoms with Crippen molar-refractivity contribution in [2.24, 2.45) is 0 Å². The lowest BCUT2D eigenvalue weighted by Gasteiger charge is -2.35. The Morgan fingerprint density at radius 2 is 1.80 bits per heavy atom. The number of amides is 1. The van der Waals surface area contributed by atoms with Gasteiger partial charge in [0.25, 0.3) is 0 Å². The van der Waals surface area contributed by atoms with Crippen molar-refractivity contribution in [3.63, 3.8) is 0 Å². The number of nitrogens with one attached hydrogen (secondary N) is 1. The second-order valence-electron chi connectivity index (χ2n) is 9.07. The third-order valence-corrected chi connectivity index (χ3v) is 6.30. The molecule has 1 saturated heterocycles. The molecule has 30 heavy (non-hydrogen) atoms. The molecule has 0 spiro atoms. The minimum atomic E-state index is 0.130. The Morgan fingerprint density at radius 1 is 1.10 bits per heavy atom. The number of piperazine rings is 1. The predicted molar refractivity (Wildman–Crippen MR) is 120 cm³/mol. The van der Waals surface area contributed by atoms with Crippen LogP contribution >= 0.6 is 0 Å². The lowest BCUT2D eigenvalue weighted by molar-refractivity contribution is -0.122. The smallest absolute Gasteiger partial charge is 0.234 e. The van der Waals surface area contributed by atoms with Gasteiger partial charge in [-0.15, -0.1) is 0 Å². The van der Waals surface area contributed by atoms with E-state index in [1.807, 2.05) is 13.0 Å². The zero-order valence-corrected chi connectivity index (χ0v) is 18.4. The van der Waals surface area contributed by atoms with E-state index in [1.165, 1.54) is 5.56 Å². The molecule has 0 bridgehead atoms. The van der Waals surface area contributed by atoms with Crippen LogP contribution in [-0.4, -0.2) is 60.0 Å².